The Morgan fingerprint density at radius 1 is 0.576 bits per heavy atom. The number of carboxylic acid groups (broad SMARTS) is 1. The Labute approximate surface area is 191 Å². The normalized spacial score (nSPS) is 14.1. The van der Waals surface area contributed by atoms with Gasteiger partial charge in [-0.25, -0.2) is 4.79 Å². The fourth-order valence-corrected chi connectivity index (χ4v) is 2.33. The molecule has 0 radical (unpaired) electrons. The number of carboxylic acids is 1. The third-order valence-electron chi connectivity index (χ3n) is 4.16. The molecular weight excluding hydrogens is 444 g/mol. The van der Waals surface area contributed by atoms with E-state index in [-0.39, 0.29) is 32.1 Å². The van der Waals surface area contributed by atoms with Crippen molar-refractivity contribution in [2.45, 2.75) is 91.1 Å². The van der Waals surface area contributed by atoms with Crippen LogP contribution in [0.1, 0.15) is 66.7 Å². The molecule has 1 unspecified atom stereocenters. The second kappa shape index (κ2) is 15.6. The van der Waals surface area contributed by atoms with Crippen LogP contribution in [0.25, 0.3) is 0 Å². The van der Waals surface area contributed by atoms with Gasteiger partial charge in [0.05, 0.1) is 0 Å². The molecule has 0 amide bonds. The maximum absolute atomic E-state index is 12.1. The molecule has 12 nitrogen and oxygen atoms in total. The van der Waals surface area contributed by atoms with Gasteiger partial charge in [0.25, 0.3) is 0 Å². The lowest BCUT2D eigenvalue weighted by Gasteiger charge is -2.34. The Morgan fingerprint density at radius 2 is 0.970 bits per heavy atom. The highest BCUT2D eigenvalue weighted by molar-refractivity contribution is 5.79. The summed E-state index contributed by atoms with van der Waals surface area (Å²) in [6.45, 7) is 6.65. The first-order valence-corrected chi connectivity index (χ1v) is 10.7. The number of esters is 5. The Kier molecular flexibility index (Phi) is 14.1. The van der Waals surface area contributed by atoms with Gasteiger partial charge in [-0.15, -0.1) is 0 Å². The molecule has 0 saturated heterocycles. The maximum Gasteiger partial charge on any atom is 0.349 e. The molecule has 4 atom stereocenters. The summed E-state index contributed by atoms with van der Waals surface area (Å²) in [7, 11) is 0. The summed E-state index contributed by atoms with van der Waals surface area (Å²) < 4.78 is 25.7. The Morgan fingerprint density at radius 3 is 1.39 bits per heavy atom. The van der Waals surface area contributed by atoms with E-state index in [4.69, 9.17) is 23.7 Å². The van der Waals surface area contributed by atoms with Crippen molar-refractivity contribution in [1.82, 2.24) is 0 Å². The quantitative estimate of drug-likeness (QED) is 0.266. The fraction of sp³-hybridized carbons (Fsp3) is 0.714. The summed E-state index contributed by atoms with van der Waals surface area (Å²) in [5, 5.41) is 9.68. The Bertz CT molecular complexity index is 701. The number of carbonyl (C=O) groups excluding carboxylic acids is 5. The van der Waals surface area contributed by atoms with Crippen LogP contribution < -0.4 is 0 Å². The zero-order chi connectivity index (χ0) is 25.6. The van der Waals surface area contributed by atoms with Crippen molar-refractivity contribution in [3.05, 3.63) is 0 Å². The first-order chi connectivity index (χ1) is 15.5. The lowest BCUT2D eigenvalue weighted by Crippen LogP contribution is -2.55. The monoisotopic (exact) mass is 476 g/mol. The molecule has 0 aromatic carbocycles. The molecule has 0 heterocycles. The molecule has 0 rings (SSSR count). The predicted molar refractivity (Wildman–Crippen MR) is 110 cm³/mol. The molecule has 0 fully saturated rings. The van der Waals surface area contributed by atoms with Gasteiger partial charge in [0, 0.05) is 32.1 Å². The van der Waals surface area contributed by atoms with E-state index in [2.05, 4.69) is 0 Å². The van der Waals surface area contributed by atoms with E-state index in [1.807, 2.05) is 0 Å². The van der Waals surface area contributed by atoms with Gasteiger partial charge in [-0.05, 0) is 0 Å². The van der Waals surface area contributed by atoms with E-state index >= 15 is 0 Å². The molecule has 188 valence electrons. The first kappa shape index (κ1) is 29.8. The third kappa shape index (κ3) is 10.8. The number of hydrogen-bond acceptors (Lipinski definition) is 11. The molecule has 0 bridgehead atoms. The van der Waals surface area contributed by atoms with Crippen molar-refractivity contribution in [2.24, 2.45) is 0 Å². The van der Waals surface area contributed by atoms with Crippen molar-refractivity contribution in [2.75, 3.05) is 6.61 Å². The highest BCUT2D eigenvalue weighted by Crippen LogP contribution is 2.22. The molecule has 0 aliphatic heterocycles. The van der Waals surface area contributed by atoms with E-state index in [0.717, 1.165) is 0 Å². The Hall–Kier alpha value is -3.18. The minimum atomic E-state index is -2.10. The molecule has 33 heavy (non-hydrogen) atoms. The summed E-state index contributed by atoms with van der Waals surface area (Å²) in [5.41, 5.74) is 0. The Balaban J connectivity index is 6.50. The number of carbonyl (C=O) groups is 6. The highest BCUT2D eigenvalue weighted by Gasteiger charge is 2.47. The summed E-state index contributed by atoms with van der Waals surface area (Å²) >= 11 is 0. The van der Waals surface area contributed by atoms with Gasteiger partial charge in [-0.1, -0.05) is 34.6 Å². The van der Waals surface area contributed by atoms with Gasteiger partial charge in [-0.2, -0.15) is 0 Å². The molecule has 0 aliphatic carbocycles. The molecule has 1 N–H and O–H groups in total. The number of ether oxygens (including phenoxy) is 5. The number of rotatable bonds is 15. The van der Waals surface area contributed by atoms with Crippen LogP contribution in [0, 0.1) is 0 Å². The topological polar surface area (TPSA) is 169 Å². The van der Waals surface area contributed by atoms with E-state index in [9.17, 15) is 33.9 Å². The van der Waals surface area contributed by atoms with E-state index < -0.39 is 66.8 Å². The lowest BCUT2D eigenvalue weighted by atomic mass is 10.0. The molecule has 0 saturated carbocycles. The van der Waals surface area contributed by atoms with Crippen LogP contribution in [0.3, 0.4) is 0 Å². The molecular formula is C21H32O12. The summed E-state index contributed by atoms with van der Waals surface area (Å²) in [4.78, 5) is 71.7. The van der Waals surface area contributed by atoms with Crippen molar-refractivity contribution in [1.29, 1.82) is 0 Å². The smallest absolute Gasteiger partial charge is 0.349 e. The van der Waals surface area contributed by atoms with Gasteiger partial charge in [0.15, 0.2) is 18.3 Å². The van der Waals surface area contributed by atoms with Crippen molar-refractivity contribution >= 4 is 35.8 Å². The van der Waals surface area contributed by atoms with Crippen LogP contribution in [-0.2, 0) is 52.5 Å². The van der Waals surface area contributed by atoms with Crippen molar-refractivity contribution < 1.29 is 57.6 Å². The molecule has 0 aromatic heterocycles. The van der Waals surface area contributed by atoms with Crippen molar-refractivity contribution in [3.63, 3.8) is 0 Å². The van der Waals surface area contributed by atoms with Crippen LogP contribution >= 0.6 is 0 Å². The van der Waals surface area contributed by atoms with Gasteiger partial charge < -0.3 is 28.8 Å². The average molecular weight is 476 g/mol. The molecule has 0 spiro atoms. The van der Waals surface area contributed by atoms with Gasteiger partial charge in [0.2, 0.25) is 6.10 Å². The predicted octanol–water partition coefficient (Wildman–Crippen LogP) is 1.31. The summed E-state index contributed by atoms with van der Waals surface area (Å²) in [6.07, 6.45) is -8.01. The van der Waals surface area contributed by atoms with E-state index in [1.165, 1.54) is 34.6 Å². The molecule has 0 aromatic rings. The van der Waals surface area contributed by atoms with Crippen LogP contribution in [0.4, 0.5) is 0 Å². The van der Waals surface area contributed by atoms with Gasteiger partial charge in [0.1, 0.15) is 6.61 Å². The largest absolute Gasteiger partial charge is 0.478 e. The van der Waals surface area contributed by atoms with Gasteiger partial charge in [-0.3, -0.25) is 24.0 Å². The second-order valence-electron chi connectivity index (χ2n) is 6.64. The van der Waals surface area contributed by atoms with E-state index in [1.54, 1.807) is 0 Å². The van der Waals surface area contributed by atoms with Crippen LogP contribution in [0.15, 0.2) is 0 Å². The van der Waals surface area contributed by atoms with E-state index in [0.29, 0.717) is 0 Å². The standard InChI is InChI=1S/C21H32O12/c1-6-13(22)29-11-12(30-14(23)7-2)18(31-15(24)8-3)19(32-16(25)9-4)20(21(27)28)33-17(26)10-5/h12,18-20H,6-11H2,1-5H3,(H,27,28)/t12-,18-,19+,20?/m1/s1. The first-order valence-electron chi connectivity index (χ1n) is 10.7. The maximum atomic E-state index is 12.1. The fourth-order valence-electron chi connectivity index (χ4n) is 2.33. The third-order valence-corrected chi connectivity index (χ3v) is 4.16. The zero-order valence-corrected chi connectivity index (χ0v) is 19.5. The molecule has 12 heteroatoms. The zero-order valence-electron chi connectivity index (χ0n) is 19.5. The minimum absolute atomic E-state index is 0.0199. The molecule has 0 aliphatic rings. The second-order valence-corrected chi connectivity index (χ2v) is 6.64. The van der Waals surface area contributed by atoms with Crippen LogP contribution in [0.5, 0.6) is 0 Å². The summed E-state index contributed by atoms with van der Waals surface area (Å²) in [5.74, 6) is -5.86. The number of aliphatic carboxylic acids is 1. The SMILES string of the molecule is CCC(=O)OC[C@@H](OC(=O)CC)[C@@H](OC(=O)CC)[C@H](OC(=O)CC)C(OC(=O)CC)C(=O)O. The van der Waals surface area contributed by atoms with Gasteiger partial charge >= 0.3 is 35.8 Å². The van der Waals surface area contributed by atoms with Crippen LogP contribution in [0.2, 0.25) is 0 Å². The summed E-state index contributed by atoms with van der Waals surface area (Å²) in [6, 6.07) is 0. The average Bonchev–Trinajstić information content (AvgIpc) is 2.81. The minimum Gasteiger partial charge on any atom is -0.478 e. The lowest BCUT2D eigenvalue weighted by molar-refractivity contribution is -0.208. The van der Waals surface area contributed by atoms with Crippen LogP contribution in [-0.4, -0.2) is 71.9 Å². The number of hydrogen-bond donors (Lipinski definition) is 1. The highest BCUT2D eigenvalue weighted by atomic mass is 16.6. The van der Waals surface area contributed by atoms with Crippen molar-refractivity contribution in [3.8, 4) is 0 Å².